The van der Waals surface area contributed by atoms with Crippen molar-refractivity contribution in [2.75, 3.05) is 20.8 Å². The molecule has 3 aromatic rings. The Morgan fingerprint density at radius 3 is 1.83 bits per heavy atom. The Balaban J connectivity index is 1.83. The van der Waals surface area contributed by atoms with Crippen molar-refractivity contribution in [3.63, 3.8) is 0 Å². The number of hydrogen-bond acceptors (Lipinski definition) is 6. The van der Waals surface area contributed by atoms with Crippen LogP contribution in [0.4, 0.5) is 0 Å². The minimum atomic E-state index is -2.04. The lowest BCUT2D eigenvalue weighted by atomic mass is 9.86. The van der Waals surface area contributed by atoms with Gasteiger partial charge in [-0.25, -0.2) is 4.79 Å². The van der Waals surface area contributed by atoms with Crippen LogP contribution in [-0.2, 0) is 15.1 Å². The fraction of sp³-hybridized carbons (Fsp3) is 0.167. The molecule has 0 spiro atoms. The average molecular weight is 406 g/mol. The third kappa shape index (κ3) is 4.18. The number of carbonyl (C=O) groups is 2. The number of rotatable bonds is 8. The number of methoxy groups -OCH3 is 2. The lowest BCUT2D eigenvalue weighted by Crippen LogP contribution is -2.39. The van der Waals surface area contributed by atoms with Gasteiger partial charge in [-0.1, -0.05) is 60.7 Å². The minimum absolute atomic E-state index is 0.295. The Morgan fingerprint density at radius 2 is 1.33 bits per heavy atom. The predicted octanol–water partition coefficient (Wildman–Crippen LogP) is 3.37. The number of esters is 1. The van der Waals surface area contributed by atoms with Gasteiger partial charge in [0.2, 0.25) is 5.60 Å². The standard InChI is InChI=1S/C24H22O6/c1-28-21-14-13-17(15-22(21)29-2)20(25)16-30-23(26)24(27,18-9-5-3-6-10-18)19-11-7-4-8-12-19/h3-15,27H,16H2,1-2H3. The van der Waals surface area contributed by atoms with Gasteiger partial charge in [0.1, 0.15) is 0 Å². The number of ether oxygens (including phenoxy) is 3. The van der Waals surface area contributed by atoms with E-state index >= 15 is 0 Å². The van der Waals surface area contributed by atoms with Gasteiger partial charge >= 0.3 is 5.97 Å². The molecule has 0 unspecified atom stereocenters. The van der Waals surface area contributed by atoms with Crippen LogP contribution in [0.3, 0.4) is 0 Å². The number of benzene rings is 3. The van der Waals surface area contributed by atoms with E-state index in [9.17, 15) is 14.7 Å². The molecule has 0 aromatic heterocycles. The van der Waals surface area contributed by atoms with Gasteiger partial charge in [0, 0.05) is 5.56 Å². The highest BCUT2D eigenvalue weighted by molar-refractivity contribution is 5.99. The summed E-state index contributed by atoms with van der Waals surface area (Å²) in [6.07, 6.45) is 0. The van der Waals surface area contributed by atoms with Gasteiger partial charge in [-0.15, -0.1) is 0 Å². The number of Topliss-reactive ketones (excluding diaryl/α,β-unsaturated/α-hetero) is 1. The molecule has 0 aliphatic carbocycles. The zero-order valence-electron chi connectivity index (χ0n) is 16.7. The van der Waals surface area contributed by atoms with E-state index in [1.807, 2.05) is 0 Å². The highest BCUT2D eigenvalue weighted by Gasteiger charge is 2.41. The number of ketones is 1. The predicted molar refractivity (Wildman–Crippen MR) is 111 cm³/mol. The number of carbonyl (C=O) groups excluding carboxylic acids is 2. The van der Waals surface area contributed by atoms with Crippen molar-refractivity contribution in [3.05, 3.63) is 95.6 Å². The first-order chi connectivity index (χ1) is 14.5. The second kappa shape index (κ2) is 9.24. The van der Waals surface area contributed by atoms with Gasteiger partial charge in [0.15, 0.2) is 23.9 Å². The van der Waals surface area contributed by atoms with Crippen LogP contribution in [0.15, 0.2) is 78.9 Å². The van der Waals surface area contributed by atoms with Crippen molar-refractivity contribution in [1.82, 2.24) is 0 Å². The van der Waals surface area contributed by atoms with Crippen LogP contribution in [0.2, 0.25) is 0 Å². The molecule has 0 bridgehead atoms. The molecule has 0 amide bonds. The van der Waals surface area contributed by atoms with Crippen LogP contribution in [0.5, 0.6) is 11.5 Å². The molecule has 6 nitrogen and oxygen atoms in total. The van der Waals surface area contributed by atoms with E-state index in [4.69, 9.17) is 14.2 Å². The summed E-state index contributed by atoms with van der Waals surface area (Å²) in [5, 5.41) is 11.3. The summed E-state index contributed by atoms with van der Waals surface area (Å²) < 4.78 is 15.6. The lowest BCUT2D eigenvalue weighted by Gasteiger charge is -2.27. The summed E-state index contributed by atoms with van der Waals surface area (Å²) in [6, 6.07) is 21.6. The molecule has 0 fully saturated rings. The van der Waals surface area contributed by atoms with E-state index in [1.54, 1.807) is 72.8 Å². The van der Waals surface area contributed by atoms with Gasteiger partial charge in [0.05, 0.1) is 14.2 Å². The fourth-order valence-electron chi connectivity index (χ4n) is 3.09. The fourth-order valence-corrected chi connectivity index (χ4v) is 3.09. The molecule has 0 aliphatic rings. The molecule has 0 radical (unpaired) electrons. The Labute approximate surface area is 174 Å². The maximum atomic E-state index is 13.0. The molecule has 0 aliphatic heterocycles. The zero-order chi connectivity index (χ0) is 21.6. The van der Waals surface area contributed by atoms with Crippen molar-refractivity contribution in [2.45, 2.75) is 5.60 Å². The molecule has 6 heteroatoms. The van der Waals surface area contributed by atoms with Gasteiger partial charge in [-0.2, -0.15) is 0 Å². The first kappa shape index (κ1) is 21.1. The first-order valence-electron chi connectivity index (χ1n) is 9.26. The van der Waals surface area contributed by atoms with E-state index in [-0.39, 0.29) is 0 Å². The quantitative estimate of drug-likeness (QED) is 0.456. The SMILES string of the molecule is COc1ccc(C(=O)COC(=O)C(O)(c2ccccc2)c2ccccc2)cc1OC. The third-order valence-corrected chi connectivity index (χ3v) is 4.72. The summed E-state index contributed by atoms with van der Waals surface area (Å²) in [7, 11) is 2.96. The number of aliphatic hydroxyl groups is 1. The highest BCUT2D eigenvalue weighted by Crippen LogP contribution is 2.31. The van der Waals surface area contributed by atoms with Crippen LogP contribution in [0.1, 0.15) is 21.5 Å². The Bertz CT molecular complexity index is 975. The number of hydrogen-bond donors (Lipinski definition) is 1. The molecule has 154 valence electrons. The summed E-state index contributed by atoms with van der Waals surface area (Å²) in [4.78, 5) is 25.5. The van der Waals surface area contributed by atoms with E-state index < -0.39 is 24.0 Å². The van der Waals surface area contributed by atoms with Crippen molar-refractivity contribution < 1.29 is 28.9 Å². The van der Waals surface area contributed by atoms with Crippen LogP contribution in [0.25, 0.3) is 0 Å². The van der Waals surface area contributed by atoms with Crippen LogP contribution >= 0.6 is 0 Å². The van der Waals surface area contributed by atoms with Gasteiger partial charge in [0.25, 0.3) is 0 Å². The maximum absolute atomic E-state index is 13.0. The van der Waals surface area contributed by atoms with Crippen LogP contribution in [0, 0.1) is 0 Å². The van der Waals surface area contributed by atoms with Gasteiger partial charge in [-0.05, 0) is 29.3 Å². The smallest absolute Gasteiger partial charge is 0.348 e. The maximum Gasteiger partial charge on any atom is 0.348 e. The normalized spacial score (nSPS) is 10.9. The van der Waals surface area contributed by atoms with E-state index in [2.05, 4.69) is 0 Å². The molecule has 0 heterocycles. The van der Waals surface area contributed by atoms with E-state index in [1.165, 1.54) is 20.3 Å². The van der Waals surface area contributed by atoms with E-state index in [0.717, 1.165) is 0 Å². The van der Waals surface area contributed by atoms with E-state index in [0.29, 0.717) is 28.2 Å². The molecule has 1 N–H and O–H groups in total. The Morgan fingerprint density at radius 1 is 0.800 bits per heavy atom. The summed E-state index contributed by atoms with van der Waals surface area (Å²) in [5.74, 6) is -0.505. The van der Waals surface area contributed by atoms with Gasteiger partial charge in [-0.3, -0.25) is 4.79 Å². The van der Waals surface area contributed by atoms with Crippen LogP contribution in [-0.4, -0.2) is 37.7 Å². The third-order valence-electron chi connectivity index (χ3n) is 4.72. The van der Waals surface area contributed by atoms with Gasteiger partial charge < -0.3 is 19.3 Å². The average Bonchev–Trinajstić information content (AvgIpc) is 2.82. The summed E-state index contributed by atoms with van der Waals surface area (Å²) >= 11 is 0. The monoisotopic (exact) mass is 406 g/mol. The Kier molecular flexibility index (Phi) is 6.49. The molecular weight excluding hydrogens is 384 g/mol. The lowest BCUT2D eigenvalue weighted by molar-refractivity contribution is -0.160. The molecule has 30 heavy (non-hydrogen) atoms. The zero-order valence-corrected chi connectivity index (χ0v) is 16.7. The van der Waals surface area contributed by atoms with Crippen molar-refractivity contribution in [1.29, 1.82) is 0 Å². The molecule has 3 aromatic carbocycles. The van der Waals surface area contributed by atoms with Crippen molar-refractivity contribution >= 4 is 11.8 Å². The highest BCUT2D eigenvalue weighted by atomic mass is 16.6. The molecule has 0 saturated heterocycles. The molecule has 0 atom stereocenters. The largest absolute Gasteiger partial charge is 0.493 e. The van der Waals surface area contributed by atoms with Crippen LogP contribution < -0.4 is 9.47 Å². The second-order valence-corrected chi connectivity index (χ2v) is 6.51. The minimum Gasteiger partial charge on any atom is -0.493 e. The topological polar surface area (TPSA) is 82.1 Å². The molecular formula is C24H22O6. The van der Waals surface area contributed by atoms with Crippen molar-refractivity contribution in [2.24, 2.45) is 0 Å². The molecule has 3 rings (SSSR count). The second-order valence-electron chi connectivity index (χ2n) is 6.51. The van der Waals surface area contributed by atoms with Crippen molar-refractivity contribution in [3.8, 4) is 11.5 Å². The summed E-state index contributed by atoms with van der Waals surface area (Å²) in [5.41, 5.74) is -1.05. The summed E-state index contributed by atoms with van der Waals surface area (Å²) in [6.45, 7) is -0.531. The molecule has 0 saturated carbocycles. The first-order valence-corrected chi connectivity index (χ1v) is 9.26. The Hall–Kier alpha value is -3.64.